The largest absolute Gasteiger partial charge is 0.633 e. The van der Waals surface area contributed by atoms with E-state index in [0.717, 1.165) is 30.6 Å². The number of methoxy groups -OCH3 is 1. The molecule has 1 aromatic rings. The number of rotatable bonds is 4. The summed E-state index contributed by atoms with van der Waals surface area (Å²) in [6.07, 6.45) is 3.69. The van der Waals surface area contributed by atoms with Crippen LogP contribution in [0.5, 0.6) is 5.75 Å². The molecular formula is C17H29NO3. The number of benzene rings is 1. The second-order valence-corrected chi connectivity index (χ2v) is 6.36. The van der Waals surface area contributed by atoms with Crippen molar-refractivity contribution in [2.45, 2.75) is 38.7 Å². The monoisotopic (exact) mass is 295 g/mol. The van der Waals surface area contributed by atoms with Crippen LogP contribution in [0.4, 0.5) is 0 Å². The Bertz CT molecular complexity index is 456. The molecule has 0 saturated heterocycles. The van der Waals surface area contributed by atoms with Crippen molar-refractivity contribution in [1.82, 2.24) is 0 Å². The van der Waals surface area contributed by atoms with Gasteiger partial charge in [0.1, 0.15) is 5.75 Å². The van der Waals surface area contributed by atoms with Crippen LogP contribution >= 0.6 is 0 Å². The first-order chi connectivity index (χ1) is 9.35. The molecule has 0 aromatic heterocycles. The maximum atomic E-state index is 12.0. The van der Waals surface area contributed by atoms with Gasteiger partial charge in [0.15, 0.2) is 0 Å². The van der Waals surface area contributed by atoms with E-state index in [-0.39, 0.29) is 18.0 Å². The average Bonchev–Trinajstić information content (AvgIpc) is 2.40. The van der Waals surface area contributed by atoms with Gasteiger partial charge in [0.2, 0.25) is 0 Å². The van der Waals surface area contributed by atoms with Crippen LogP contribution in [0.2, 0.25) is 0 Å². The van der Waals surface area contributed by atoms with Crippen LogP contribution in [0.25, 0.3) is 0 Å². The van der Waals surface area contributed by atoms with Crippen molar-refractivity contribution in [3.8, 4) is 5.75 Å². The van der Waals surface area contributed by atoms with Crippen molar-refractivity contribution >= 4 is 0 Å². The molecular weight excluding hydrogens is 266 g/mol. The standard InChI is InChI=1S/C16H25NO3.CH4/c1-17(2,19)12-14-7-4-5-10-16(14,18)13-8-6-9-15(11-13)20-3;/h6,8-9,11,14,18H,4-5,7,10,12H2,1-3H3;1H4. The predicted molar refractivity (Wildman–Crippen MR) is 85.9 cm³/mol. The predicted octanol–water partition coefficient (Wildman–Crippen LogP) is 3.28. The fourth-order valence-corrected chi connectivity index (χ4v) is 3.27. The van der Waals surface area contributed by atoms with Gasteiger partial charge in [-0.25, -0.2) is 0 Å². The lowest BCUT2D eigenvalue weighted by Gasteiger charge is -2.45. The maximum absolute atomic E-state index is 12.0. The van der Waals surface area contributed by atoms with Gasteiger partial charge in [0.25, 0.3) is 0 Å². The molecule has 1 fully saturated rings. The van der Waals surface area contributed by atoms with Gasteiger partial charge in [-0.05, 0) is 30.5 Å². The molecule has 2 atom stereocenters. The topological polar surface area (TPSA) is 52.5 Å². The lowest BCUT2D eigenvalue weighted by atomic mass is 9.71. The molecule has 0 amide bonds. The number of hydroxylamine groups is 3. The van der Waals surface area contributed by atoms with Crippen molar-refractivity contribution in [2.75, 3.05) is 27.7 Å². The summed E-state index contributed by atoms with van der Waals surface area (Å²) in [5.74, 6) is 0.743. The van der Waals surface area contributed by atoms with Crippen LogP contribution in [0, 0.1) is 11.1 Å². The third-order valence-corrected chi connectivity index (χ3v) is 4.27. The van der Waals surface area contributed by atoms with Crippen molar-refractivity contribution in [2.24, 2.45) is 5.92 Å². The average molecular weight is 295 g/mol. The van der Waals surface area contributed by atoms with Gasteiger partial charge < -0.3 is 19.7 Å². The first-order valence-electron chi connectivity index (χ1n) is 7.26. The molecule has 1 saturated carbocycles. The van der Waals surface area contributed by atoms with E-state index >= 15 is 0 Å². The zero-order valence-electron chi connectivity index (χ0n) is 12.6. The lowest BCUT2D eigenvalue weighted by Crippen LogP contribution is -2.47. The van der Waals surface area contributed by atoms with Gasteiger partial charge >= 0.3 is 0 Å². The first kappa shape index (κ1) is 18.0. The smallest absolute Gasteiger partial charge is 0.119 e. The van der Waals surface area contributed by atoms with Crippen molar-refractivity contribution < 1.29 is 14.5 Å². The second-order valence-electron chi connectivity index (χ2n) is 6.36. The molecule has 0 spiro atoms. The van der Waals surface area contributed by atoms with Crippen molar-refractivity contribution in [1.29, 1.82) is 0 Å². The summed E-state index contributed by atoms with van der Waals surface area (Å²) in [7, 11) is 4.90. The summed E-state index contributed by atoms with van der Waals surface area (Å²) in [5.41, 5.74) is -0.0396. The molecule has 0 bridgehead atoms. The molecule has 1 N–H and O–H groups in total. The minimum atomic E-state index is -0.910. The number of ether oxygens (including phenoxy) is 1. The van der Waals surface area contributed by atoms with E-state index in [9.17, 15) is 10.3 Å². The third-order valence-electron chi connectivity index (χ3n) is 4.27. The Morgan fingerprint density at radius 2 is 2.10 bits per heavy atom. The first-order valence-corrected chi connectivity index (χ1v) is 7.26. The highest BCUT2D eigenvalue weighted by Gasteiger charge is 2.42. The van der Waals surface area contributed by atoms with E-state index in [2.05, 4.69) is 0 Å². The Labute approximate surface area is 128 Å². The van der Waals surface area contributed by atoms with Gasteiger partial charge in [-0.3, -0.25) is 0 Å². The molecule has 1 aliphatic rings. The molecule has 1 aliphatic carbocycles. The fraction of sp³-hybridized carbons (Fsp3) is 0.647. The van der Waals surface area contributed by atoms with Gasteiger partial charge in [0, 0.05) is 5.92 Å². The van der Waals surface area contributed by atoms with E-state index in [1.807, 2.05) is 24.3 Å². The van der Waals surface area contributed by atoms with Gasteiger partial charge in [-0.15, -0.1) is 0 Å². The second kappa shape index (κ2) is 6.77. The summed E-state index contributed by atoms with van der Waals surface area (Å²) < 4.78 is 4.89. The van der Waals surface area contributed by atoms with E-state index < -0.39 is 5.60 Å². The molecule has 21 heavy (non-hydrogen) atoms. The summed E-state index contributed by atoms with van der Waals surface area (Å²) >= 11 is 0. The lowest BCUT2D eigenvalue weighted by molar-refractivity contribution is -0.845. The zero-order chi connectivity index (χ0) is 14.8. The van der Waals surface area contributed by atoms with Crippen molar-refractivity contribution in [3.63, 3.8) is 0 Å². The molecule has 4 nitrogen and oxygen atoms in total. The summed E-state index contributed by atoms with van der Waals surface area (Å²) in [6.45, 7) is 0.438. The molecule has 0 radical (unpaired) electrons. The summed E-state index contributed by atoms with van der Waals surface area (Å²) in [6, 6.07) is 7.60. The Balaban J connectivity index is 0.00000220. The minimum Gasteiger partial charge on any atom is -0.633 e. The Morgan fingerprint density at radius 1 is 1.38 bits per heavy atom. The Morgan fingerprint density at radius 3 is 2.71 bits per heavy atom. The highest BCUT2D eigenvalue weighted by atomic mass is 16.5. The molecule has 120 valence electrons. The number of quaternary nitrogens is 1. The molecule has 2 rings (SSSR count). The number of nitrogens with zero attached hydrogens (tertiary/aromatic N) is 1. The number of aliphatic hydroxyl groups is 1. The highest BCUT2D eigenvalue weighted by Crippen LogP contribution is 2.43. The van der Waals surface area contributed by atoms with Crippen molar-refractivity contribution in [3.05, 3.63) is 35.0 Å². The van der Waals surface area contributed by atoms with E-state index in [4.69, 9.17) is 4.74 Å². The Kier molecular flexibility index (Phi) is 5.79. The van der Waals surface area contributed by atoms with Crippen LogP contribution in [0.15, 0.2) is 24.3 Å². The summed E-state index contributed by atoms with van der Waals surface area (Å²) in [5, 5.41) is 23.2. The van der Waals surface area contributed by atoms with Crippen LogP contribution < -0.4 is 4.74 Å². The maximum Gasteiger partial charge on any atom is 0.119 e. The molecule has 1 aromatic carbocycles. The van der Waals surface area contributed by atoms with Gasteiger partial charge in [-0.2, -0.15) is 0 Å². The van der Waals surface area contributed by atoms with Gasteiger partial charge in [0.05, 0.1) is 33.4 Å². The SMILES string of the molecule is C.COc1cccc(C2(O)CCCCC2C[N+](C)(C)[O-])c1. The molecule has 4 heteroatoms. The van der Waals surface area contributed by atoms with Crippen LogP contribution in [-0.2, 0) is 5.60 Å². The molecule has 0 aliphatic heterocycles. The van der Waals surface area contributed by atoms with E-state index in [1.165, 1.54) is 0 Å². The molecule has 2 unspecified atom stereocenters. The zero-order valence-corrected chi connectivity index (χ0v) is 12.6. The van der Waals surface area contributed by atoms with Crippen LogP contribution in [-0.4, -0.2) is 37.5 Å². The van der Waals surface area contributed by atoms with Gasteiger partial charge in [-0.1, -0.05) is 32.4 Å². The van der Waals surface area contributed by atoms with E-state index in [0.29, 0.717) is 13.0 Å². The highest BCUT2D eigenvalue weighted by molar-refractivity contribution is 5.33. The van der Waals surface area contributed by atoms with Crippen LogP contribution in [0.1, 0.15) is 38.7 Å². The number of hydrogen-bond acceptors (Lipinski definition) is 3. The van der Waals surface area contributed by atoms with Crippen LogP contribution in [0.3, 0.4) is 0 Å². The molecule has 0 heterocycles. The quantitative estimate of drug-likeness (QED) is 0.685. The minimum absolute atomic E-state index is 0. The Hall–Kier alpha value is -1.10. The number of hydrogen-bond donors (Lipinski definition) is 1. The summed E-state index contributed by atoms with van der Waals surface area (Å²) in [4.78, 5) is 0. The van der Waals surface area contributed by atoms with E-state index in [1.54, 1.807) is 21.2 Å². The fourth-order valence-electron chi connectivity index (χ4n) is 3.27. The third kappa shape index (κ3) is 4.19. The normalized spacial score (nSPS) is 26.0.